The average molecular weight is 360 g/mol. The summed E-state index contributed by atoms with van der Waals surface area (Å²) in [5.41, 5.74) is 0.407. The second-order valence-corrected chi connectivity index (χ2v) is 7.55. The molecule has 0 unspecified atom stereocenters. The van der Waals surface area contributed by atoms with Crippen LogP contribution in [0.1, 0.15) is 23.2 Å². The number of para-hydroxylation sites is 1. The van der Waals surface area contributed by atoms with E-state index in [4.69, 9.17) is 4.74 Å². The molecule has 0 saturated heterocycles. The van der Waals surface area contributed by atoms with Gasteiger partial charge < -0.3 is 10.1 Å². The summed E-state index contributed by atoms with van der Waals surface area (Å²) in [6.45, 7) is 0.713. The minimum absolute atomic E-state index is 0.0533. The zero-order valence-electron chi connectivity index (χ0n) is 13.6. The first kappa shape index (κ1) is 17.4. The molecule has 1 amide bonds. The van der Waals surface area contributed by atoms with Gasteiger partial charge in [-0.15, -0.1) is 0 Å². The maximum absolute atomic E-state index is 12.1. The molecule has 0 atom stereocenters. The Hall–Kier alpha value is -2.38. The first-order valence-electron chi connectivity index (χ1n) is 8.13. The number of hydrogen-bond acceptors (Lipinski definition) is 4. The summed E-state index contributed by atoms with van der Waals surface area (Å²) in [5, 5.41) is 2.74. The van der Waals surface area contributed by atoms with Crippen molar-refractivity contribution in [1.82, 2.24) is 10.0 Å². The maximum atomic E-state index is 12.1. The van der Waals surface area contributed by atoms with E-state index in [0.29, 0.717) is 18.7 Å². The molecule has 2 aromatic rings. The lowest BCUT2D eigenvalue weighted by atomic mass is 10.2. The Morgan fingerprint density at radius 3 is 2.36 bits per heavy atom. The van der Waals surface area contributed by atoms with Crippen LogP contribution in [-0.4, -0.2) is 33.5 Å². The molecule has 132 valence electrons. The Kier molecular flexibility index (Phi) is 5.35. The third kappa shape index (κ3) is 5.04. The van der Waals surface area contributed by atoms with Gasteiger partial charge in [-0.2, -0.15) is 0 Å². The third-order valence-corrected chi connectivity index (χ3v) is 5.26. The molecule has 3 rings (SSSR count). The Bertz CT molecular complexity index is 816. The number of amides is 1. The van der Waals surface area contributed by atoms with Gasteiger partial charge in [0.2, 0.25) is 10.0 Å². The number of ether oxygens (including phenoxy) is 1. The van der Waals surface area contributed by atoms with Gasteiger partial charge in [0.05, 0.1) is 11.4 Å². The summed E-state index contributed by atoms with van der Waals surface area (Å²) in [5.74, 6) is 0.477. The van der Waals surface area contributed by atoms with Crippen molar-refractivity contribution < 1.29 is 17.9 Å². The van der Waals surface area contributed by atoms with Crippen molar-refractivity contribution in [3.8, 4) is 5.75 Å². The molecule has 1 aliphatic carbocycles. The molecule has 0 radical (unpaired) electrons. The van der Waals surface area contributed by atoms with Crippen molar-refractivity contribution in [3.05, 3.63) is 60.2 Å². The minimum atomic E-state index is -3.49. The number of hydrogen-bond donors (Lipinski definition) is 2. The van der Waals surface area contributed by atoms with Gasteiger partial charge in [0.25, 0.3) is 5.91 Å². The van der Waals surface area contributed by atoms with Crippen molar-refractivity contribution in [2.24, 2.45) is 0 Å². The van der Waals surface area contributed by atoms with Crippen molar-refractivity contribution in [2.75, 3.05) is 13.2 Å². The minimum Gasteiger partial charge on any atom is -0.492 e. The molecular weight excluding hydrogens is 340 g/mol. The van der Waals surface area contributed by atoms with E-state index < -0.39 is 10.0 Å². The summed E-state index contributed by atoms with van der Waals surface area (Å²) >= 11 is 0. The molecule has 2 aromatic carbocycles. The zero-order valence-corrected chi connectivity index (χ0v) is 14.5. The number of sulfonamides is 1. The Morgan fingerprint density at radius 1 is 1.04 bits per heavy atom. The molecule has 2 N–H and O–H groups in total. The first-order chi connectivity index (χ1) is 12.0. The lowest BCUT2D eigenvalue weighted by Crippen LogP contribution is -2.28. The third-order valence-electron chi connectivity index (χ3n) is 3.73. The van der Waals surface area contributed by atoms with Crippen LogP contribution in [-0.2, 0) is 10.0 Å². The predicted molar refractivity (Wildman–Crippen MR) is 94.1 cm³/mol. The second kappa shape index (κ2) is 7.67. The molecule has 0 spiro atoms. The van der Waals surface area contributed by atoms with Gasteiger partial charge in [-0.3, -0.25) is 4.79 Å². The Morgan fingerprint density at radius 2 is 1.72 bits per heavy atom. The molecule has 0 aromatic heterocycles. The number of benzene rings is 2. The van der Waals surface area contributed by atoms with Crippen LogP contribution in [0.3, 0.4) is 0 Å². The molecular formula is C18H20N2O4S. The van der Waals surface area contributed by atoms with Crippen molar-refractivity contribution in [2.45, 2.75) is 23.8 Å². The highest BCUT2D eigenvalue weighted by atomic mass is 32.2. The van der Waals surface area contributed by atoms with Crippen molar-refractivity contribution in [1.29, 1.82) is 0 Å². The van der Waals surface area contributed by atoms with Gasteiger partial charge in [0, 0.05) is 11.6 Å². The van der Waals surface area contributed by atoms with Crippen LogP contribution in [0.5, 0.6) is 5.75 Å². The Labute approximate surface area is 147 Å². The van der Waals surface area contributed by atoms with E-state index in [9.17, 15) is 13.2 Å². The summed E-state index contributed by atoms with van der Waals surface area (Å²) in [4.78, 5) is 12.2. The van der Waals surface area contributed by atoms with E-state index in [-0.39, 0.29) is 16.8 Å². The highest BCUT2D eigenvalue weighted by Gasteiger charge is 2.27. The molecule has 1 saturated carbocycles. The van der Waals surface area contributed by atoms with Crippen LogP contribution < -0.4 is 14.8 Å². The molecule has 0 bridgehead atoms. The van der Waals surface area contributed by atoms with Gasteiger partial charge >= 0.3 is 0 Å². The predicted octanol–water partition coefficient (Wildman–Crippen LogP) is 1.94. The van der Waals surface area contributed by atoms with E-state index in [1.54, 1.807) is 0 Å². The van der Waals surface area contributed by atoms with Crippen LogP contribution >= 0.6 is 0 Å². The van der Waals surface area contributed by atoms with Crippen LogP contribution in [0.4, 0.5) is 0 Å². The van der Waals surface area contributed by atoms with Gasteiger partial charge in [0.1, 0.15) is 12.4 Å². The number of rotatable bonds is 8. The first-order valence-corrected chi connectivity index (χ1v) is 9.61. The largest absolute Gasteiger partial charge is 0.492 e. The van der Waals surface area contributed by atoms with E-state index in [2.05, 4.69) is 10.0 Å². The topological polar surface area (TPSA) is 84.5 Å². The molecule has 0 heterocycles. The van der Waals surface area contributed by atoms with Crippen LogP contribution in [0.25, 0.3) is 0 Å². The second-order valence-electron chi connectivity index (χ2n) is 5.84. The molecule has 0 aliphatic heterocycles. The zero-order chi connectivity index (χ0) is 17.7. The van der Waals surface area contributed by atoms with E-state index >= 15 is 0 Å². The van der Waals surface area contributed by atoms with Gasteiger partial charge in [-0.1, -0.05) is 18.2 Å². The smallest absolute Gasteiger partial charge is 0.251 e. The summed E-state index contributed by atoms with van der Waals surface area (Å²) in [6, 6.07) is 15.3. The molecule has 25 heavy (non-hydrogen) atoms. The fourth-order valence-electron chi connectivity index (χ4n) is 2.23. The van der Waals surface area contributed by atoms with Crippen LogP contribution in [0, 0.1) is 0 Å². The van der Waals surface area contributed by atoms with Crippen LogP contribution in [0.2, 0.25) is 0 Å². The summed E-state index contributed by atoms with van der Waals surface area (Å²) in [6.07, 6.45) is 1.76. The lowest BCUT2D eigenvalue weighted by molar-refractivity contribution is 0.0947. The average Bonchev–Trinajstić information content (AvgIpc) is 3.43. The van der Waals surface area contributed by atoms with E-state index in [0.717, 1.165) is 18.6 Å². The molecule has 1 fully saturated rings. The molecule has 1 aliphatic rings. The fourth-order valence-corrected chi connectivity index (χ4v) is 3.53. The summed E-state index contributed by atoms with van der Waals surface area (Å²) < 4.78 is 32.3. The normalized spacial score (nSPS) is 14.1. The quantitative estimate of drug-likeness (QED) is 0.705. The number of carbonyl (C=O) groups excluding carboxylic acids is 1. The van der Waals surface area contributed by atoms with Crippen molar-refractivity contribution >= 4 is 15.9 Å². The standard InChI is InChI=1S/C18H20N2O4S/c21-18(19-12-13-24-16-4-2-1-3-5-16)14-6-10-17(11-7-14)25(22,23)20-15-8-9-15/h1-7,10-11,15,20H,8-9,12-13H2,(H,19,21). The van der Waals surface area contributed by atoms with Gasteiger partial charge in [0.15, 0.2) is 0 Å². The Balaban J connectivity index is 1.48. The molecule has 6 nitrogen and oxygen atoms in total. The SMILES string of the molecule is O=C(NCCOc1ccccc1)c1ccc(S(=O)(=O)NC2CC2)cc1. The fraction of sp³-hybridized carbons (Fsp3) is 0.278. The van der Waals surface area contributed by atoms with Gasteiger partial charge in [-0.05, 0) is 49.2 Å². The summed E-state index contributed by atoms with van der Waals surface area (Å²) in [7, 11) is -3.49. The molecule has 7 heteroatoms. The van der Waals surface area contributed by atoms with E-state index in [1.165, 1.54) is 24.3 Å². The maximum Gasteiger partial charge on any atom is 0.251 e. The number of carbonyl (C=O) groups is 1. The van der Waals surface area contributed by atoms with Gasteiger partial charge in [-0.25, -0.2) is 13.1 Å². The highest BCUT2D eigenvalue weighted by molar-refractivity contribution is 7.89. The van der Waals surface area contributed by atoms with Crippen LogP contribution in [0.15, 0.2) is 59.5 Å². The number of nitrogens with one attached hydrogen (secondary N) is 2. The lowest BCUT2D eigenvalue weighted by Gasteiger charge is -2.09. The highest BCUT2D eigenvalue weighted by Crippen LogP contribution is 2.22. The van der Waals surface area contributed by atoms with E-state index in [1.807, 2.05) is 30.3 Å². The monoisotopic (exact) mass is 360 g/mol. The van der Waals surface area contributed by atoms with Crippen molar-refractivity contribution in [3.63, 3.8) is 0 Å².